The molecule has 8 heteroatoms. The zero-order chi connectivity index (χ0) is 21.1. The van der Waals surface area contributed by atoms with Gasteiger partial charge in [-0.25, -0.2) is 0 Å². The fourth-order valence-electron chi connectivity index (χ4n) is 3.28. The number of pyridine rings is 1. The van der Waals surface area contributed by atoms with Crippen molar-refractivity contribution in [1.82, 2.24) is 19.7 Å². The summed E-state index contributed by atoms with van der Waals surface area (Å²) in [6.07, 6.45) is 3.42. The van der Waals surface area contributed by atoms with E-state index < -0.39 is 4.92 Å². The third-order valence-electron chi connectivity index (χ3n) is 5.15. The number of aromatic nitrogens is 3. The van der Waals surface area contributed by atoms with Crippen molar-refractivity contribution in [3.8, 4) is 0 Å². The van der Waals surface area contributed by atoms with Gasteiger partial charge in [0.05, 0.1) is 17.5 Å². The van der Waals surface area contributed by atoms with Crippen molar-refractivity contribution in [2.45, 2.75) is 33.4 Å². The Morgan fingerprint density at radius 3 is 2.34 bits per heavy atom. The number of hydrogen-bond acceptors (Lipinski definition) is 5. The summed E-state index contributed by atoms with van der Waals surface area (Å²) in [5.74, 6) is -0.0809. The van der Waals surface area contributed by atoms with Crippen LogP contribution < -0.4 is 0 Å². The topological polar surface area (TPSA) is 94.2 Å². The number of aryl methyl sites for hydroxylation is 1. The monoisotopic (exact) mass is 393 g/mol. The Morgan fingerprint density at radius 2 is 1.79 bits per heavy atom. The summed E-state index contributed by atoms with van der Waals surface area (Å²) < 4.78 is 1.61. The summed E-state index contributed by atoms with van der Waals surface area (Å²) in [4.78, 5) is 29.3. The average Bonchev–Trinajstić information content (AvgIpc) is 3.00. The highest BCUT2D eigenvalue weighted by Crippen LogP contribution is 2.23. The smallest absolute Gasteiger partial charge is 0.312 e. The third-order valence-corrected chi connectivity index (χ3v) is 5.15. The van der Waals surface area contributed by atoms with E-state index in [0.29, 0.717) is 23.5 Å². The van der Waals surface area contributed by atoms with E-state index in [1.54, 1.807) is 55.0 Å². The lowest BCUT2D eigenvalue weighted by Gasteiger charge is -2.25. The van der Waals surface area contributed by atoms with Crippen LogP contribution in [-0.4, -0.2) is 37.5 Å². The third kappa shape index (κ3) is 4.16. The Kier molecular flexibility index (Phi) is 5.72. The molecule has 0 fully saturated rings. The highest BCUT2D eigenvalue weighted by atomic mass is 16.6. The van der Waals surface area contributed by atoms with E-state index in [2.05, 4.69) is 10.1 Å². The first-order chi connectivity index (χ1) is 13.8. The van der Waals surface area contributed by atoms with Crippen molar-refractivity contribution in [1.29, 1.82) is 0 Å². The van der Waals surface area contributed by atoms with Crippen LogP contribution in [0.2, 0.25) is 0 Å². The number of nitrogens with zero attached hydrogens (tertiary/aromatic N) is 5. The summed E-state index contributed by atoms with van der Waals surface area (Å²) >= 11 is 0. The zero-order valence-corrected chi connectivity index (χ0v) is 16.9. The summed E-state index contributed by atoms with van der Waals surface area (Å²) in [5, 5.41) is 15.4. The lowest BCUT2D eigenvalue weighted by molar-refractivity contribution is -0.386. The van der Waals surface area contributed by atoms with Gasteiger partial charge in [-0.05, 0) is 56.2 Å². The maximum Gasteiger partial charge on any atom is 0.312 e. The van der Waals surface area contributed by atoms with Gasteiger partial charge in [-0.2, -0.15) is 5.10 Å². The van der Waals surface area contributed by atoms with Crippen LogP contribution in [0.5, 0.6) is 0 Å². The Labute approximate surface area is 169 Å². The molecular formula is C21H23N5O3. The normalized spacial score (nSPS) is 11.9. The lowest BCUT2D eigenvalue weighted by Crippen LogP contribution is -2.29. The Bertz CT molecular complexity index is 1030. The molecule has 1 atom stereocenters. The van der Waals surface area contributed by atoms with Crippen molar-refractivity contribution >= 4 is 11.6 Å². The average molecular weight is 393 g/mol. The summed E-state index contributed by atoms with van der Waals surface area (Å²) in [6, 6.07) is 10.9. The fraction of sp³-hybridized carbons (Fsp3) is 0.286. The van der Waals surface area contributed by atoms with Gasteiger partial charge in [-0.1, -0.05) is 12.1 Å². The van der Waals surface area contributed by atoms with Crippen LogP contribution in [0.1, 0.15) is 45.8 Å². The molecule has 0 aliphatic carbocycles. The summed E-state index contributed by atoms with van der Waals surface area (Å²) in [7, 11) is 1.77. The fourth-order valence-corrected chi connectivity index (χ4v) is 3.28. The van der Waals surface area contributed by atoms with Crippen LogP contribution in [-0.2, 0) is 6.54 Å². The standard InChI is InChI=1S/C21H23N5O3/c1-14-20(26(28)29)16(3)25(23-14)13-17-5-7-19(8-6-17)21(27)24(4)15(2)18-9-11-22-12-10-18/h5-12,15H,13H2,1-4H3. The van der Waals surface area contributed by atoms with E-state index in [1.165, 1.54) is 0 Å². The molecule has 150 valence electrons. The maximum absolute atomic E-state index is 12.8. The minimum atomic E-state index is -0.407. The summed E-state index contributed by atoms with van der Waals surface area (Å²) in [6.45, 7) is 5.68. The van der Waals surface area contributed by atoms with Gasteiger partial charge in [-0.3, -0.25) is 24.6 Å². The van der Waals surface area contributed by atoms with Gasteiger partial charge >= 0.3 is 5.69 Å². The molecule has 0 spiro atoms. The molecule has 0 N–H and O–H groups in total. The number of rotatable bonds is 6. The van der Waals surface area contributed by atoms with E-state index in [4.69, 9.17) is 0 Å². The Balaban J connectivity index is 1.74. The van der Waals surface area contributed by atoms with Gasteiger partial charge in [-0.15, -0.1) is 0 Å². The van der Waals surface area contributed by atoms with Crippen molar-refractivity contribution in [2.24, 2.45) is 0 Å². The number of hydrogen-bond donors (Lipinski definition) is 0. The molecular weight excluding hydrogens is 370 g/mol. The molecule has 1 aromatic carbocycles. The van der Waals surface area contributed by atoms with Crippen molar-refractivity contribution in [3.63, 3.8) is 0 Å². The predicted octanol–water partition coefficient (Wildman–Crippen LogP) is 3.68. The Hall–Kier alpha value is -3.55. The largest absolute Gasteiger partial charge is 0.335 e. The second-order valence-corrected chi connectivity index (χ2v) is 7.00. The van der Waals surface area contributed by atoms with Gasteiger partial charge < -0.3 is 4.90 Å². The molecule has 0 bridgehead atoms. The highest BCUT2D eigenvalue weighted by molar-refractivity contribution is 5.94. The minimum absolute atomic E-state index is 0.0449. The van der Waals surface area contributed by atoms with Gasteiger partial charge in [0.25, 0.3) is 5.91 Å². The SMILES string of the molecule is Cc1nn(Cc2ccc(C(=O)N(C)C(C)c3ccncc3)cc2)c(C)c1[N+](=O)[O-]. The maximum atomic E-state index is 12.8. The number of nitro groups is 1. The van der Waals surface area contributed by atoms with Gasteiger partial charge in [0.15, 0.2) is 0 Å². The van der Waals surface area contributed by atoms with E-state index >= 15 is 0 Å². The second kappa shape index (κ2) is 8.22. The number of benzene rings is 1. The number of carbonyl (C=O) groups excluding carboxylic acids is 1. The molecule has 1 unspecified atom stereocenters. The van der Waals surface area contributed by atoms with Crippen molar-refractivity contribution in [3.05, 3.63) is 87.0 Å². The molecule has 0 aliphatic rings. The highest BCUT2D eigenvalue weighted by Gasteiger charge is 2.22. The van der Waals surface area contributed by atoms with Gasteiger partial charge in [0.2, 0.25) is 0 Å². The quantitative estimate of drug-likeness (QED) is 0.470. The van der Waals surface area contributed by atoms with E-state index in [9.17, 15) is 14.9 Å². The first kappa shape index (κ1) is 20.2. The first-order valence-corrected chi connectivity index (χ1v) is 9.24. The molecule has 2 aromatic heterocycles. The van der Waals surface area contributed by atoms with Gasteiger partial charge in [0, 0.05) is 25.0 Å². The number of carbonyl (C=O) groups is 1. The van der Waals surface area contributed by atoms with Crippen LogP contribution in [0.15, 0.2) is 48.8 Å². The first-order valence-electron chi connectivity index (χ1n) is 9.24. The molecule has 0 radical (unpaired) electrons. The van der Waals surface area contributed by atoms with Crippen LogP contribution in [0, 0.1) is 24.0 Å². The Morgan fingerprint density at radius 1 is 1.17 bits per heavy atom. The van der Waals surface area contributed by atoms with Crippen LogP contribution >= 0.6 is 0 Å². The van der Waals surface area contributed by atoms with Gasteiger partial charge in [0.1, 0.15) is 11.4 Å². The number of amides is 1. The van der Waals surface area contributed by atoms with E-state index in [1.807, 2.05) is 31.2 Å². The van der Waals surface area contributed by atoms with Crippen LogP contribution in [0.4, 0.5) is 5.69 Å². The van der Waals surface area contributed by atoms with E-state index in [0.717, 1.165) is 11.1 Å². The van der Waals surface area contributed by atoms with Crippen molar-refractivity contribution < 1.29 is 9.72 Å². The lowest BCUT2D eigenvalue weighted by atomic mass is 10.1. The molecule has 3 rings (SSSR count). The van der Waals surface area contributed by atoms with Crippen molar-refractivity contribution in [2.75, 3.05) is 7.05 Å². The molecule has 0 saturated heterocycles. The molecule has 29 heavy (non-hydrogen) atoms. The molecule has 3 aromatic rings. The molecule has 1 amide bonds. The zero-order valence-electron chi connectivity index (χ0n) is 16.9. The molecule has 0 aliphatic heterocycles. The summed E-state index contributed by atoms with van der Waals surface area (Å²) in [5.41, 5.74) is 3.45. The minimum Gasteiger partial charge on any atom is -0.335 e. The molecule has 0 saturated carbocycles. The molecule has 8 nitrogen and oxygen atoms in total. The predicted molar refractivity (Wildman–Crippen MR) is 109 cm³/mol. The second-order valence-electron chi connectivity index (χ2n) is 7.00. The molecule has 2 heterocycles. The van der Waals surface area contributed by atoms with E-state index in [-0.39, 0.29) is 17.6 Å². The van der Waals surface area contributed by atoms with Crippen LogP contribution in [0.25, 0.3) is 0 Å². The van der Waals surface area contributed by atoms with Crippen LogP contribution in [0.3, 0.4) is 0 Å².